The molecule has 0 saturated heterocycles. The van der Waals surface area contributed by atoms with Crippen molar-refractivity contribution in [1.82, 2.24) is 14.6 Å². The lowest BCUT2D eigenvalue weighted by molar-refractivity contribution is 0.294. The maximum Gasteiger partial charge on any atom is 0.256 e. The summed E-state index contributed by atoms with van der Waals surface area (Å²) in [5.74, 6) is 0.854. The Morgan fingerprint density at radius 1 is 1.23 bits per heavy atom. The normalized spacial score (nSPS) is 13.5. The van der Waals surface area contributed by atoms with E-state index in [1.54, 1.807) is 26.2 Å². The van der Waals surface area contributed by atoms with Crippen LogP contribution in [0.5, 0.6) is 5.75 Å². The van der Waals surface area contributed by atoms with Crippen LogP contribution in [0.3, 0.4) is 0 Å². The van der Waals surface area contributed by atoms with E-state index in [1.807, 2.05) is 26.8 Å². The molecular weight excluding hydrogens is 442 g/mol. The van der Waals surface area contributed by atoms with Gasteiger partial charge in [0, 0.05) is 18.5 Å². The summed E-state index contributed by atoms with van der Waals surface area (Å²) in [6.45, 7) is 10.2. The van der Waals surface area contributed by atoms with Crippen molar-refractivity contribution in [1.29, 1.82) is 0 Å². The maximum atomic E-state index is 12.8. The second-order valence-corrected chi connectivity index (χ2v) is 10.9. The lowest BCUT2D eigenvalue weighted by atomic mass is 9.85. The van der Waals surface area contributed by atoms with Crippen molar-refractivity contribution >= 4 is 38.7 Å². The minimum absolute atomic E-state index is 0.132. The van der Waals surface area contributed by atoms with Gasteiger partial charge < -0.3 is 20.2 Å². The van der Waals surface area contributed by atoms with Crippen LogP contribution in [0.2, 0.25) is 0 Å². The van der Waals surface area contributed by atoms with Gasteiger partial charge in [-0.05, 0) is 27.9 Å². The summed E-state index contributed by atoms with van der Waals surface area (Å²) >= 11 is 0.930. The van der Waals surface area contributed by atoms with Gasteiger partial charge in [0.15, 0.2) is 9.96 Å². The topological polar surface area (TPSA) is 134 Å². The van der Waals surface area contributed by atoms with Gasteiger partial charge in [-0.15, -0.1) is 11.3 Å². The van der Waals surface area contributed by atoms with Crippen LogP contribution >= 0.6 is 11.3 Å². The molecule has 0 radical (unpaired) electrons. The second kappa shape index (κ2) is 8.89. The van der Waals surface area contributed by atoms with Crippen molar-refractivity contribution in [3.8, 4) is 5.75 Å². The van der Waals surface area contributed by atoms with Crippen LogP contribution in [0.25, 0.3) is 0 Å². The molecule has 3 rings (SSSR count). The molecule has 1 atom stereocenters. The fraction of sp³-hybridized carbons (Fsp3) is 0.474. The Kier molecular flexibility index (Phi) is 6.62. The van der Waals surface area contributed by atoms with Crippen LogP contribution in [0.4, 0.5) is 17.3 Å². The molecular formula is C19H27N5O5S2. The molecule has 0 bridgehead atoms. The standard InChI is InChI=1S/C19H27N5O5S2/c1-6-24(7-2)31(26,27)18-14(25)12(11-30-18)20-16-17(23-29-22-16)21-15(19(3,4)5)13-9-8-10-28-13/h8-11,15,25H,6-7H2,1-5H3,(H,20,22)(H,21,23)/t15-/m0/s1. The number of nitrogens with one attached hydrogen (secondary N) is 2. The largest absolute Gasteiger partial charge is 0.504 e. The molecule has 0 unspecified atom stereocenters. The van der Waals surface area contributed by atoms with Crippen LogP contribution in [-0.4, -0.2) is 41.2 Å². The van der Waals surface area contributed by atoms with Gasteiger partial charge in [-0.3, -0.25) is 0 Å². The molecule has 0 amide bonds. The smallest absolute Gasteiger partial charge is 0.256 e. The number of hydrogen-bond donors (Lipinski definition) is 3. The van der Waals surface area contributed by atoms with Crippen molar-refractivity contribution < 1.29 is 22.6 Å². The monoisotopic (exact) mass is 469 g/mol. The Labute approximate surface area is 185 Å². The third-order valence-corrected chi connectivity index (χ3v) is 8.27. The first-order valence-electron chi connectivity index (χ1n) is 9.79. The molecule has 0 aromatic carbocycles. The summed E-state index contributed by atoms with van der Waals surface area (Å²) in [4.78, 5) is 0. The van der Waals surface area contributed by atoms with Crippen LogP contribution in [0, 0.1) is 5.41 Å². The average Bonchev–Trinajstić information content (AvgIpc) is 3.43. The molecule has 3 heterocycles. The predicted octanol–water partition coefficient (Wildman–Crippen LogP) is 4.40. The van der Waals surface area contributed by atoms with Gasteiger partial charge in [0.05, 0.1) is 18.0 Å². The summed E-state index contributed by atoms with van der Waals surface area (Å²) in [5, 5.41) is 26.0. The highest BCUT2D eigenvalue weighted by atomic mass is 32.2. The first-order chi connectivity index (χ1) is 14.6. The number of thiophene rings is 1. The van der Waals surface area contributed by atoms with E-state index < -0.39 is 10.0 Å². The Bertz CT molecular complexity index is 1100. The fourth-order valence-electron chi connectivity index (χ4n) is 3.09. The van der Waals surface area contributed by atoms with Gasteiger partial charge in [-0.25, -0.2) is 13.0 Å². The summed E-state index contributed by atoms with van der Waals surface area (Å²) < 4.78 is 37.1. The number of aromatic hydroxyl groups is 1. The minimum Gasteiger partial charge on any atom is -0.504 e. The van der Waals surface area contributed by atoms with Gasteiger partial charge in [0.25, 0.3) is 10.0 Å². The van der Waals surface area contributed by atoms with E-state index in [0.29, 0.717) is 24.7 Å². The summed E-state index contributed by atoms with van der Waals surface area (Å²) in [5.41, 5.74) is -0.0383. The van der Waals surface area contributed by atoms with E-state index in [9.17, 15) is 13.5 Å². The Morgan fingerprint density at radius 3 is 2.48 bits per heavy atom. The highest BCUT2D eigenvalue weighted by molar-refractivity contribution is 7.91. The molecule has 0 fully saturated rings. The van der Waals surface area contributed by atoms with Crippen molar-refractivity contribution in [3.63, 3.8) is 0 Å². The molecule has 3 aromatic heterocycles. The van der Waals surface area contributed by atoms with E-state index in [1.165, 1.54) is 9.69 Å². The SMILES string of the molecule is CCN(CC)S(=O)(=O)c1scc(Nc2nonc2N[C@@H](c2ccco2)C(C)(C)C)c1O. The first-order valence-corrected chi connectivity index (χ1v) is 12.1. The summed E-state index contributed by atoms with van der Waals surface area (Å²) in [7, 11) is -3.79. The summed E-state index contributed by atoms with van der Waals surface area (Å²) in [6, 6.07) is 3.42. The van der Waals surface area contributed by atoms with Crippen molar-refractivity contribution in [2.45, 2.75) is 44.9 Å². The Hall–Kier alpha value is -2.57. The maximum absolute atomic E-state index is 12.8. The number of sulfonamides is 1. The number of anilines is 3. The van der Waals surface area contributed by atoms with E-state index >= 15 is 0 Å². The van der Waals surface area contributed by atoms with E-state index in [0.717, 1.165) is 11.3 Å². The molecule has 12 heteroatoms. The van der Waals surface area contributed by atoms with Gasteiger partial charge in [-0.1, -0.05) is 34.6 Å². The van der Waals surface area contributed by atoms with Crippen LogP contribution in [0.15, 0.2) is 37.0 Å². The van der Waals surface area contributed by atoms with Gasteiger partial charge in [0.1, 0.15) is 5.76 Å². The second-order valence-electron chi connectivity index (χ2n) is 7.92. The molecule has 10 nitrogen and oxygen atoms in total. The number of hydrogen-bond acceptors (Lipinski definition) is 10. The van der Waals surface area contributed by atoms with E-state index in [-0.39, 0.29) is 32.9 Å². The fourth-order valence-corrected chi connectivity index (χ4v) is 5.92. The van der Waals surface area contributed by atoms with Crippen LogP contribution in [-0.2, 0) is 10.0 Å². The third-order valence-electron chi connectivity index (χ3n) is 4.73. The predicted molar refractivity (Wildman–Crippen MR) is 118 cm³/mol. The van der Waals surface area contributed by atoms with Crippen molar-refractivity contribution in [2.75, 3.05) is 23.7 Å². The van der Waals surface area contributed by atoms with Crippen LogP contribution < -0.4 is 10.6 Å². The number of aromatic nitrogens is 2. The lowest BCUT2D eigenvalue weighted by Crippen LogP contribution is -2.30. The number of nitrogens with zero attached hydrogens (tertiary/aromatic N) is 3. The van der Waals surface area contributed by atoms with E-state index in [2.05, 4.69) is 20.9 Å². The van der Waals surface area contributed by atoms with Crippen molar-refractivity contribution in [3.05, 3.63) is 29.5 Å². The molecule has 3 aromatic rings. The Balaban J connectivity index is 1.87. The lowest BCUT2D eigenvalue weighted by Gasteiger charge is -2.29. The average molecular weight is 470 g/mol. The minimum atomic E-state index is -3.79. The highest BCUT2D eigenvalue weighted by Crippen LogP contribution is 2.42. The van der Waals surface area contributed by atoms with Gasteiger partial charge in [0.2, 0.25) is 11.6 Å². The zero-order chi connectivity index (χ0) is 22.8. The molecule has 3 N–H and O–H groups in total. The third kappa shape index (κ3) is 4.70. The number of furan rings is 1. The van der Waals surface area contributed by atoms with E-state index in [4.69, 9.17) is 9.05 Å². The molecule has 31 heavy (non-hydrogen) atoms. The molecule has 0 spiro atoms. The molecule has 0 aliphatic rings. The quantitative estimate of drug-likeness (QED) is 0.417. The van der Waals surface area contributed by atoms with Crippen molar-refractivity contribution in [2.24, 2.45) is 5.41 Å². The zero-order valence-corrected chi connectivity index (χ0v) is 19.7. The first kappa shape index (κ1) is 23.1. The van der Waals surface area contributed by atoms with Crippen LogP contribution in [0.1, 0.15) is 46.4 Å². The molecule has 170 valence electrons. The Morgan fingerprint density at radius 2 is 1.90 bits per heavy atom. The van der Waals surface area contributed by atoms with Gasteiger partial charge in [-0.2, -0.15) is 4.31 Å². The summed E-state index contributed by atoms with van der Waals surface area (Å²) in [6.07, 6.45) is 1.59. The van der Waals surface area contributed by atoms with Gasteiger partial charge >= 0.3 is 0 Å². The molecule has 0 saturated carbocycles. The molecule has 0 aliphatic heterocycles. The highest BCUT2D eigenvalue weighted by Gasteiger charge is 2.32. The number of rotatable bonds is 9. The molecule has 0 aliphatic carbocycles. The zero-order valence-electron chi connectivity index (χ0n) is 18.0.